The van der Waals surface area contributed by atoms with Crippen LogP contribution in [-0.4, -0.2) is 52.2 Å². The lowest BCUT2D eigenvalue weighted by Gasteiger charge is -2.34. The SMILES string of the molecule is COc1ccc(-c2noc(CCCC(=O)N3CC(C)CC(C(=O)O)C3)n2)cc1. The van der Waals surface area contributed by atoms with Gasteiger partial charge in [-0.15, -0.1) is 0 Å². The fraction of sp³-hybridized carbons (Fsp3) is 0.500. The summed E-state index contributed by atoms with van der Waals surface area (Å²) in [6, 6.07) is 7.36. The quantitative estimate of drug-likeness (QED) is 0.778. The summed E-state index contributed by atoms with van der Waals surface area (Å²) in [5.74, 6) is 0.599. The first kappa shape index (κ1) is 19.9. The third-order valence-corrected chi connectivity index (χ3v) is 4.96. The summed E-state index contributed by atoms with van der Waals surface area (Å²) in [5.41, 5.74) is 0.828. The fourth-order valence-electron chi connectivity index (χ4n) is 3.50. The lowest BCUT2D eigenvalue weighted by atomic mass is 9.90. The Bertz CT molecular complexity index is 818. The molecule has 28 heavy (non-hydrogen) atoms. The molecule has 8 nitrogen and oxygen atoms in total. The van der Waals surface area contributed by atoms with E-state index in [0.29, 0.717) is 50.5 Å². The molecule has 0 bridgehead atoms. The van der Waals surface area contributed by atoms with Crippen molar-refractivity contribution in [3.8, 4) is 17.1 Å². The zero-order valence-corrected chi connectivity index (χ0v) is 16.1. The van der Waals surface area contributed by atoms with Crippen LogP contribution in [0.5, 0.6) is 5.75 Å². The molecule has 1 aliphatic rings. The van der Waals surface area contributed by atoms with Gasteiger partial charge in [-0.2, -0.15) is 4.98 Å². The van der Waals surface area contributed by atoms with Crippen molar-refractivity contribution in [3.05, 3.63) is 30.2 Å². The van der Waals surface area contributed by atoms with Crippen LogP contribution in [0.1, 0.15) is 32.1 Å². The molecule has 2 aromatic rings. The standard InChI is InChI=1S/C20H25N3O5/c1-13-10-15(20(25)26)12-23(11-13)18(24)5-3-4-17-21-19(22-28-17)14-6-8-16(27-2)9-7-14/h6-9,13,15H,3-5,10-12H2,1-2H3,(H,25,26). The highest BCUT2D eigenvalue weighted by Crippen LogP contribution is 2.23. The number of nitrogens with zero attached hydrogens (tertiary/aromatic N) is 3. The van der Waals surface area contributed by atoms with E-state index in [2.05, 4.69) is 10.1 Å². The molecule has 0 spiro atoms. The largest absolute Gasteiger partial charge is 0.497 e. The number of hydrogen-bond donors (Lipinski definition) is 1. The maximum atomic E-state index is 12.4. The highest BCUT2D eigenvalue weighted by molar-refractivity contribution is 5.78. The molecule has 0 radical (unpaired) electrons. The molecule has 150 valence electrons. The highest BCUT2D eigenvalue weighted by atomic mass is 16.5. The third kappa shape index (κ3) is 4.88. The first-order chi connectivity index (χ1) is 13.5. The van der Waals surface area contributed by atoms with Gasteiger partial charge in [0.25, 0.3) is 0 Å². The molecule has 3 rings (SSSR count). The van der Waals surface area contributed by atoms with Crippen LogP contribution in [-0.2, 0) is 16.0 Å². The van der Waals surface area contributed by atoms with Crippen molar-refractivity contribution in [1.82, 2.24) is 15.0 Å². The summed E-state index contributed by atoms with van der Waals surface area (Å²) < 4.78 is 10.4. The second-order valence-electron chi connectivity index (χ2n) is 7.27. The summed E-state index contributed by atoms with van der Waals surface area (Å²) in [7, 11) is 1.61. The van der Waals surface area contributed by atoms with E-state index in [1.165, 1.54) is 0 Å². The zero-order valence-electron chi connectivity index (χ0n) is 16.1. The number of aryl methyl sites for hydroxylation is 1. The molecule has 2 unspecified atom stereocenters. The molecule has 1 aromatic carbocycles. The monoisotopic (exact) mass is 387 g/mol. The number of piperidine rings is 1. The van der Waals surface area contributed by atoms with Gasteiger partial charge in [-0.3, -0.25) is 9.59 Å². The van der Waals surface area contributed by atoms with E-state index in [0.717, 1.165) is 11.3 Å². The number of rotatable bonds is 7. The molecule has 1 fully saturated rings. The van der Waals surface area contributed by atoms with Gasteiger partial charge in [0.1, 0.15) is 5.75 Å². The molecule has 1 saturated heterocycles. The Morgan fingerprint density at radius 1 is 1.29 bits per heavy atom. The van der Waals surface area contributed by atoms with Gasteiger partial charge in [0, 0.05) is 31.5 Å². The maximum Gasteiger partial charge on any atom is 0.308 e. The first-order valence-electron chi connectivity index (χ1n) is 9.44. The number of ether oxygens (including phenoxy) is 1. The molecule has 1 amide bonds. The van der Waals surface area contributed by atoms with E-state index in [4.69, 9.17) is 9.26 Å². The van der Waals surface area contributed by atoms with Gasteiger partial charge < -0.3 is 19.3 Å². The van der Waals surface area contributed by atoms with Crippen molar-refractivity contribution in [1.29, 1.82) is 0 Å². The molecule has 2 atom stereocenters. The summed E-state index contributed by atoms with van der Waals surface area (Å²) in [6.07, 6.45) is 2.03. The Labute approximate surface area is 163 Å². The van der Waals surface area contributed by atoms with Crippen LogP contribution in [0.3, 0.4) is 0 Å². The second-order valence-corrected chi connectivity index (χ2v) is 7.27. The van der Waals surface area contributed by atoms with E-state index >= 15 is 0 Å². The van der Waals surface area contributed by atoms with Gasteiger partial charge >= 0.3 is 5.97 Å². The van der Waals surface area contributed by atoms with Crippen molar-refractivity contribution >= 4 is 11.9 Å². The Morgan fingerprint density at radius 3 is 2.71 bits per heavy atom. The number of carbonyl (C=O) groups is 2. The van der Waals surface area contributed by atoms with Crippen molar-refractivity contribution in [3.63, 3.8) is 0 Å². The number of carboxylic acid groups (broad SMARTS) is 1. The first-order valence-corrected chi connectivity index (χ1v) is 9.44. The van der Waals surface area contributed by atoms with Crippen LogP contribution in [0, 0.1) is 11.8 Å². The van der Waals surface area contributed by atoms with E-state index < -0.39 is 11.9 Å². The summed E-state index contributed by atoms with van der Waals surface area (Å²) in [4.78, 5) is 29.7. The van der Waals surface area contributed by atoms with Gasteiger partial charge in [0.05, 0.1) is 13.0 Å². The third-order valence-electron chi connectivity index (χ3n) is 4.96. The van der Waals surface area contributed by atoms with Crippen molar-refractivity contribution in [2.24, 2.45) is 11.8 Å². The minimum absolute atomic E-state index is 0.0207. The summed E-state index contributed by atoms with van der Waals surface area (Å²) in [5, 5.41) is 13.2. The van der Waals surface area contributed by atoms with E-state index in [1.807, 2.05) is 31.2 Å². The smallest absolute Gasteiger partial charge is 0.308 e. The molecular weight excluding hydrogens is 362 g/mol. The molecule has 1 aliphatic heterocycles. The average Bonchev–Trinajstić information content (AvgIpc) is 3.16. The number of aromatic nitrogens is 2. The molecule has 0 saturated carbocycles. The Morgan fingerprint density at radius 2 is 2.04 bits per heavy atom. The number of methoxy groups -OCH3 is 1. The number of benzene rings is 1. The van der Waals surface area contributed by atoms with Crippen molar-refractivity contribution < 1.29 is 24.0 Å². The van der Waals surface area contributed by atoms with Crippen molar-refractivity contribution in [2.45, 2.75) is 32.6 Å². The molecule has 2 heterocycles. The van der Waals surface area contributed by atoms with Crippen LogP contribution in [0.4, 0.5) is 0 Å². The van der Waals surface area contributed by atoms with E-state index in [9.17, 15) is 14.7 Å². The van der Waals surface area contributed by atoms with Gasteiger partial charge in [-0.25, -0.2) is 0 Å². The van der Waals surface area contributed by atoms with Crippen LogP contribution >= 0.6 is 0 Å². The molecule has 1 aromatic heterocycles. The minimum Gasteiger partial charge on any atom is -0.497 e. The highest BCUT2D eigenvalue weighted by Gasteiger charge is 2.31. The molecule has 8 heteroatoms. The zero-order chi connectivity index (χ0) is 20.1. The van der Waals surface area contributed by atoms with E-state index in [1.54, 1.807) is 12.0 Å². The minimum atomic E-state index is -0.832. The van der Waals surface area contributed by atoms with Crippen LogP contribution in [0.15, 0.2) is 28.8 Å². The number of aliphatic carboxylic acids is 1. The lowest BCUT2D eigenvalue weighted by Crippen LogP contribution is -2.45. The maximum absolute atomic E-state index is 12.4. The van der Waals surface area contributed by atoms with E-state index in [-0.39, 0.29) is 11.8 Å². The van der Waals surface area contributed by atoms with Gasteiger partial charge in [-0.05, 0) is 43.0 Å². The van der Waals surface area contributed by atoms with Gasteiger partial charge in [0.15, 0.2) is 0 Å². The van der Waals surface area contributed by atoms with Crippen LogP contribution in [0.2, 0.25) is 0 Å². The topological polar surface area (TPSA) is 106 Å². The number of hydrogen-bond acceptors (Lipinski definition) is 6. The van der Waals surface area contributed by atoms with Gasteiger partial charge in [0.2, 0.25) is 17.6 Å². The Hall–Kier alpha value is -2.90. The predicted octanol–water partition coefficient (Wildman–Crippen LogP) is 2.64. The summed E-state index contributed by atoms with van der Waals surface area (Å²) in [6.45, 7) is 2.89. The Kier molecular flexibility index (Phi) is 6.28. The van der Waals surface area contributed by atoms with Crippen LogP contribution < -0.4 is 4.74 Å². The molecule has 0 aliphatic carbocycles. The number of likely N-dealkylation sites (tertiary alicyclic amines) is 1. The molecule has 1 N–H and O–H groups in total. The lowest BCUT2D eigenvalue weighted by molar-refractivity contribution is -0.146. The number of carboxylic acids is 1. The molecular formula is C20H25N3O5. The normalized spacial score (nSPS) is 19.4. The number of amides is 1. The predicted molar refractivity (Wildman–Crippen MR) is 101 cm³/mol. The Balaban J connectivity index is 1.50. The second kappa shape index (κ2) is 8.86. The summed E-state index contributed by atoms with van der Waals surface area (Å²) >= 11 is 0. The number of carbonyl (C=O) groups excluding carboxylic acids is 1. The van der Waals surface area contributed by atoms with Crippen LogP contribution in [0.25, 0.3) is 11.4 Å². The average molecular weight is 387 g/mol. The van der Waals surface area contributed by atoms with Gasteiger partial charge in [-0.1, -0.05) is 12.1 Å². The fourth-order valence-corrected chi connectivity index (χ4v) is 3.50. The van der Waals surface area contributed by atoms with Crippen molar-refractivity contribution in [2.75, 3.05) is 20.2 Å².